The summed E-state index contributed by atoms with van der Waals surface area (Å²) in [5.41, 5.74) is 0.767. The Morgan fingerprint density at radius 3 is 2.71 bits per heavy atom. The van der Waals surface area contributed by atoms with Crippen molar-refractivity contribution < 1.29 is 4.79 Å². The van der Waals surface area contributed by atoms with Gasteiger partial charge in [-0.15, -0.1) is 0 Å². The summed E-state index contributed by atoms with van der Waals surface area (Å²) in [5.74, 6) is -0.0248. The van der Waals surface area contributed by atoms with Crippen LogP contribution in [0.2, 0.25) is 0 Å². The fourth-order valence-corrected chi connectivity index (χ4v) is 2.05. The van der Waals surface area contributed by atoms with E-state index in [9.17, 15) is 4.79 Å². The molecule has 1 aromatic heterocycles. The quantitative estimate of drug-likeness (QED) is 0.685. The molecular weight excluding hydrogens is 266 g/mol. The van der Waals surface area contributed by atoms with Crippen molar-refractivity contribution in [1.82, 2.24) is 20.0 Å². The van der Waals surface area contributed by atoms with Gasteiger partial charge in [0.05, 0.1) is 18.4 Å². The Labute approximate surface area is 127 Å². The van der Waals surface area contributed by atoms with Crippen molar-refractivity contribution in [2.24, 2.45) is 5.92 Å². The second-order valence-corrected chi connectivity index (χ2v) is 5.22. The molecule has 0 aromatic carbocycles. The maximum absolute atomic E-state index is 12.0. The van der Waals surface area contributed by atoms with Crippen LogP contribution in [0.5, 0.6) is 0 Å². The third kappa shape index (κ3) is 6.27. The smallest absolute Gasteiger partial charge is 0.228 e. The highest BCUT2D eigenvalue weighted by atomic mass is 16.1. The number of hydrogen-bond donors (Lipinski definition) is 2. The molecule has 1 heterocycles. The second-order valence-electron chi connectivity index (χ2n) is 5.22. The van der Waals surface area contributed by atoms with E-state index in [2.05, 4.69) is 34.5 Å². The van der Waals surface area contributed by atoms with E-state index >= 15 is 0 Å². The van der Waals surface area contributed by atoms with Gasteiger partial charge in [-0.2, -0.15) is 5.10 Å². The summed E-state index contributed by atoms with van der Waals surface area (Å²) in [6.07, 6.45) is 3.60. The van der Waals surface area contributed by atoms with E-state index in [0.29, 0.717) is 6.54 Å². The third-order valence-corrected chi connectivity index (χ3v) is 3.59. The van der Waals surface area contributed by atoms with Crippen LogP contribution in [0, 0.1) is 5.92 Å². The summed E-state index contributed by atoms with van der Waals surface area (Å²) in [6, 6.07) is 0. The molecule has 1 unspecified atom stereocenters. The van der Waals surface area contributed by atoms with Gasteiger partial charge in [0, 0.05) is 25.2 Å². The topological polar surface area (TPSA) is 62.2 Å². The lowest BCUT2D eigenvalue weighted by molar-refractivity contribution is -0.119. The molecule has 0 aliphatic heterocycles. The molecule has 0 spiro atoms. The van der Waals surface area contributed by atoms with E-state index in [1.165, 1.54) is 0 Å². The number of likely N-dealkylation sites (N-methyl/N-ethyl adjacent to an activating group) is 1. The summed E-state index contributed by atoms with van der Waals surface area (Å²) in [5, 5.41) is 10.4. The fourth-order valence-electron chi connectivity index (χ4n) is 2.05. The van der Waals surface area contributed by atoms with E-state index in [-0.39, 0.29) is 11.8 Å². The van der Waals surface area contributed by atoms with Gasteiger partial charge in [0.15, 0.2) is 0 Å². The average Bonchev–Trinajstić information content (AvgIpc) is 2.93. The van der Waals surface area contributed by atoms with Crippen molar-refractivity contribution >= 4 is 11.6 Å². The highest BCUT2D eigenvalue weighted by molar-refractivity contribution is 5.92. The van der Waals surface area contributed by atoms with Crippen molar-refractivity contribution in [3.63, 3.8) is 0 Å². The Morgan fingerprint density at radius 1 is 1.38 bits per heavy atom. The van der Waals surface area contributed by atoms with Crippen LogP contribution in [0.3, 0.4) is 0 Å². The van der Waals surface area contributed by atoms with Crippen molar-refractivity contribution in [3.8, 4) is 0 Å². The van der Waals surface area contributed by atoms with E-state index in [1.54, 1.807) is 6.20 Å². The largest absolute Gasteiger partial charge is 0.323 e. The van der Waals surface area contributed by atoms with Crippen LogP contribution in [-0.4, -0.2) is 53.3 Å². The summed E-state index contributed by atoms with van der Waals surface area (Å²) in [7, 11) is 0. The third-order valence-electron chi connectivity index (χ3n) is 3.59. The zero-order chi connectivity index (χ0) is 15.7. The van der Waals surface area contributed by atoms with Crippen LogP contribution < -0.4 is 10.6 Å². The molecule has 21 heavy (non-hydrogen) atoms. The molecule has 1 aromatic rings. The number of aromatic nitrogens is 2. The average molecular weight is 295 g/mol. The van der Waals surface area contributed by atoms with Gasteiger partial charge in [-0.25, -0.2) is 0 Å². The number of carbonyl (C=O) groups is 1. The zero-order valence-electron chi connectivity index (χ0n) is 13.7. The predicted octanol–water partition coefficient (Wildman–Crippen LogP) is 1.41. The highest BCUT2D eigenvalue weighted by Gasteiger charge is 2.13. The molecule has 0 saturated heterocycles. The number of carbonyl (C=O) groups excluding carboxylic acids is 1. The van der Waals surface area contributed by atoms with Crippen LogP contribution in [0.25, 0.3) is 0 Å². The monoisotopic (exact) mass is 295 g/mol. The first-order valence-electron chi connectivity index (χ1n) is 7.87. The van der Waals surface area contributed by atoms with Gasteiger partial charge in [0.1, 0.15) is 0 Å². The molecule has 0 aliphatic carbocycles. The molecule has 1 rings (SSSR count). The summed E-state index contributed by atoms with van der Waals surface area (Å²) in [6.45, 7) is 13.7. The van der Waals surface area contributed by atoms with Gasteiger partial charge in [0.2, 0.25) is 5.91 Å². The molecule has 120 valence electrons. The molecule has 0 saturated carbocycles. The lowest BCUT2D eigenvalue weighted by Crippen LogP contribution is -2.30. The number of hydrogen-bond acceptors (Lipinski definition) is 4. The van der Waals surface area contributed by atoms with Crippen LogP contribution in [0.4, 0.5) is 5.69 Å². The van der Waals surface area contributed by atoms with Crippen molar-refractivity contribution in [3.05, 3.63) is 12.4 Å². The van der Waals surface area contributed by atoms with Gasteiger partial charge in [-0.3, -0.25) is 9.48 Å². The Bertz CT molecular complexity index is 414. The zero-order valence-corrected chi connectivity index (χ0v) is 13.7. The second kappa shape index (κ2) is 9.52. The van der Waals surface area contributed by atoms with Crippen molar-refractivity contribution in [1.29, 1.82) is 0 Å². The summed E-state index contributed by atoms with van der Waals surface area (Å²) >= 11 is 0. The van der Waals surface area contributed by atoms with Crippen LogP contribution in [-0.2, 0) is 11.3 Å². The first-order chi connectivity index (χ1) is 10.1. The SMILES string of the molecule is CCNCC(C)C(=O)Nc1cnn(CCN(CC)CC)c1. The van der Waals surface area contributed by atoms with Gasteiger partial charge < -0.3 is 15.5 Å². The van der Waals surface area contributed by atoms with Gasteiger partial charge in [-0.1, -0.05) is 27.7 Å². The maximum atomic E-state index is 12.0. The number of nitrogens with zero attached hydrogens (tertiary/aromatic N) is 3. The molecular formula is C15H29N5O. The number of nitrogens with one attached hydrogen (secondary N) is 2. The first-order valence-corrected chi connectivity index (χ1v) is 7.87. The minimum atomic E-state index is -0.0519. The lowest BCUT2D eigenvalue weighted by Gasteiger charge is -2.17. The minimum Gasteiger partial charge on any atom is -0.323 e. The maximum Gasteiger partial charge on any atom is 0.228 e. The Balaban J connectivity index is 2.42. The van der Waals surface area contributed by atoms with E-state index in [0.717, 1.165) is 38.4 Å². The normalized spacial score (nSPS) is 12.6. The minimum absolute atomic E-state index is 0.0271. The summed E-state index contributed by atoms with van der Waals surface area (Å²) < 4.78 is 1.88. The van der Waals surface area contributed by atoms with E-state index in [1.807, 2.05) is 24.7 Å². The van der Waals surface area contributed by atoms with Gasteiger partial charge in [0.25, 0.3) is 0 Å². The van der Waals surface area contributed by atoms with Crippen molar-refractivity contribution in [2.45, 2.75) is 34.2 Å². The molecule has 0 radical (unpaired) electrons. The first kappa shape index (κ1) is 17.7. The molecule has 0 fully saturated rings. The molecule has 2 N–H and O–H groups in total. The summed E-state index contributed by atoms with van der Waals surface area (Å²) in [4.78, 5) is 14.3. The number of rotatable bonds is 10. The van der Waals surface area contributed by atoms with E-state index in [4.69, 9.17) is 0 Å². The van der Waals surface area contributed by atoms with Crippen LogP contribution in [0.1, 0.15) is 27.7 Å². The highest BCUT2D eigenvalue weighted by Crippen LogP contribution is 2.07. The fraction of sp³-hybridized carbons (Fsp3) is 0.733. The predicted molar refractivity (Wildman–Crippen MR) is 86.4 cm³/mol. The molecule has 0 bridgehead atoms. The molecule has 6 heteroatoms. The molecule has 0 aliphatic rings. The molecule has 6 nitrogen and oxygen atoms in total. The number of anilines is 1. The van der Waals surface area contributed by atoms with Gasteiger partial charge in [-0.05, 0) is 19.6 Å². The lowest BCUT2D eigenvalue weighted by atomic mass is 10.1. The van der Waals surface area contributed by atoms with Crippen LogP contribution >= 0.6 is 0 Å². The number of amides is 1. The molecule has 1 atom stereocenters. The Hall–Kier alpha value is -1.40. The molecule has 1 amide bonds. The Kier molecular flexibility index (Phi) is 8.00. The van der Waals surface area contributed by atoms with Crippen LogP contribution in [0.15, 0.2) is 12.4 Å². The standard InChI is InChI=1S/C15H29N5O/c1-5-16-10-13(4)15(21)18-14-11-17-20(12-14)9-8-19(6-2)7-3/h11-13,16H,5-10H2,1-4H3,(H,18,21). The van der Waals surface area contributed by atoms with E-state index < -0.39 is 0 Å². The Morgan fingerprint density at radius 2 is 2.10 bits per heavy atom. The van der Waals surface area contributed by atoms with Gasteiger partial charge >= 0.3 is 0 Å². The van der Waals surface area contributed by atoms with Crippen molar-refractivity contribution in [2.75, 3.05) is 38.0 Å².